The van der Waals surface area contributed by atoms with Gasteiger partial charge < -0.3 is 0 Å². The van der Waals surface area contributed by atoms with Gasteiger partial charge in [0.05, 0.1) is 0 Å². The van der Waals surface area contributed by atoms with Gasteiger partial charge in [-0.25, -0.2) is 0 Å². The second kappa shape index (κ2) is 13.4. The Bertz CT molecular complexity index is 621. The van der Waals surface area contributed by atoms with E-state index < -0.39 is 0 Å². The minimum absolute atomic E-state index is 0.288. The van der Waals surface area contributed by atoms with E-state index in [9.17, 15) is 0 Å². The monoisotopic (exact) mass is 412 g/mol. The molecule has 0 saturated heterocycles. The smallest absolute Gasteiger partial charge is 0.0119 e. The van der Waals surface area contributed by atoms with Crippen molar-refractivity contribution in [2.45, 2.75) is 120 Å². The molecule has 172 valence electrons. The molecule has 1 rings (SSSR count). The third-order valence-electron chi connectivity index (χ3n) is 8.16. The Hall–Kier alpha value is -1.04. The average molecular weight is 413 g/mol. The third kappa shape index (κ3) is 8.60. The number of hydrogen-bond acceptors (Lipinski definition) is 0. The maximum atomic E-state index is 2.49. The normalized spacial score (nSPS) is 16.9. The Morgan fingerprint density at radius 3 is 2.13 bits per heavy atom. The number of hydrogen-bond donors (Lipinski definition) is 0. The van der Waals surface area contributed by atoms with Crippen LogP contribution in [0.3, 0.4) is 0 Å². The summed E-state index contributed by atoms with van der Waals surface area (Å²) in [4.78, 5) is 0. The molecule has 0 aliphatic heterocycles. The van der Waals surface area contributed by atoms with Gasteiger partial charge in [0.25, 0.3) is 0 Å². The van der Waals surface area contributed by atoms with Crippen molar-refractivity contribution in [1.82, 2.24) is 0 Å². The average Bonchev–Trinajstić information content (AvgIpc) is 2.72. The Kier molecular flexibility index (Phi) is 12.0. The van der Waals surface area contributed by atoms with E-state index in [4.69, 9.17) is 0 Å². The number of allylic oxidation sites excluding steroid dienone is 2. The van der Waals surface area contributed by atoms with Crippen molar-refractivity contribution in [2.24, 2.45) is 23.2 Å². The molecule has 4 unspecified atom stereocenters. The predicted octanol–water partition coefficient (Wildman–Crippen LogP) is 10.1. The van der Waals surface area contributed by atoms with E-state index in [0.717, 1.165) is 17.8 Å². The maximum absolute atomic E-state index is 2.49. The number of rotatable bonds is 14. The van der Waals surface area contributed by atoms with Crippen molar-refractivity contribution >= 4 is 0 Å². The fourth-order valence-electron chi connectivity index (χ4n) is 4.88. The van der Waals surface area contributed by atoms with Crippen LogP contribution in [0.1, 0.15) is 124 Å². The van der Waals surface area contributed by atoms with Crippen LogP contribution in [0.15, 0.2) is 35.9 Å². The van der Waals surface area contributed by atoms with E-state index in [1.807, 2.05) is 0 Å². The van der Waals surface area contributed by atoms with Gasteiger partial charge in [0.2, 0.25) is 0 Å². The molecule has 0 nitrogen and oxygen atoms in total. The lowest BCUT2D eigenvalue weighted by molar-refractivity contribution is 0.241. The molecule has 0 aliphatic rings. The molecule has 0 bridgehead atoms. The van der Waals surface area contributed by atoms with Crippen LogP contribution in [0.5, 0.6) is 0 Å². The molecule has 1 aromatic rings. The van der Waals surface area contributed by atoms with Crippen molar-refractivity contribution in [3.8, 4) is 0 Å². The van der Waals surface area contributed by atoms with E-state index in [-0.39, 0.29) is 5.41 Å². The summed E-state index contributed by atoms with van der Waals surface area (Å²) in [7, 11) is 0. The Morgan fingerprint density at radius 1 is 0.900 bits per heavy atom. The van der Waals surface area contributed by atoms with Crippen LogP contribution in [0.25, 0.3) is 0 Å². The summed E-state index contributed by atoms with van der Waals surface area (Å²) in [6.45, 7) is 21.5. The molecule has 0 saturated carbocycles. The molecule has 0 amide bonds. The Balaban J connectivity index is 2.54. The van der Waals surface area contributed by atoms with Gasteiger partial charge in [-0.2, -0.15) is 0 Å². The lowest BCUT2D eigenvalue weighted by Crippen LogP contribution is -2.25. The summed E-state index contributed by atoms with van der Waals surface area (Å²) in [5, 5.41) is 0. The van der Waals surface area contributed by atoms with Gasteiger partial charge in [0, 0.05) is 0 Å². The van der Waals surface area contributed by atoms with Crippen LogP contribution < -0.4 is 0 Å². The van der Waals surface area contributed by atoms with Crippen LogP contribution in [-0.2, 0) is 0 Å². The van der Waals surface area contributed by atoms with Crippen LogP contribution in [0.2, 0.25) is 0 Å². The van der Waals surface area contributed by atoms with Gasteiger partial charge in [-0.1, -0.05) is 116 Å². The second-order valence-electron chi connectivity index (χ2n) is 10.9. The molecule has 0 spiro atoms. The molecule has 0 heterocycles. The highest BCUT2D eigenvalue weighted by Gasteiger charge is 2.29. The van der Waals surface area contributed by atoms with Crippen LogP contribution >= 0.6 is 0 Å². The highest BCUT2D eigenvalue weighted by Crippen LogP contribution is 2.41. The molecule has 0 aromatic heterocycles. The van der Waals surface area contributed by atoms with E-state index >= 15 is 0 Å². The van der Waals surface area contributed by atoms with E-state index in [1.54, 1.807) is 5.57 Å². The fraction of sp³-hybridized carbons (Fsp3) is 0.733. The molecule has 1 aromatic carbocycles. The maximum Gasteiger partial charge on any atom is -0.0119 e. The molecular weight excluding hydrogens is 360 g/mol. The van der Waals surface area contributed by atoms with Gasteiger partial charge >= 0.3 is 0 Å². The highest BCUT2D eigenvalue weighted by molar-refractivity contribution is 5.29. The van der Waals surface area contributed by atoms with Crippen molar-refractivity contribution in [2.75, 3.05) is 0 Å². The quantitative estimate of drug-likeness (QED) is 0.266. The Morgan fingerprint density at radius 2 is 1.53 bits per heavy atom. The summed E-state index contributed by atoms with van der Waals surface area (Å²) in [5.41, 5.74) is 4.89. The van der Waals surface area contributed by atoms with Crippen molar-refractivity contribution in [3.05, 3.63) is 47.0 Å². The molecule has 0 fully saturated rings. The SMILES string of the molecule is CC=C(CCC(C)c1ccccc1C)C(C)(C)C(C)CCC(C)CCCC(C)CC. The van der Waals surface area contributed by atoms with Crippen molar-refractivity contribution in [1.29, 1.82) is 0 Å². The van der Waals surface area contributed by atoms with E-state index in [0.29, 0.717) is 5.92 Å². The van der Waals surface area contributed by atoms with Crippen molar-refractivity contribution in [3.63, 3.8) is 0 Å². The first-order chi connectivity index (χ1) is 14.1. The minimum Gasteiger partial charge on any atom is -0.0879 e. The van der Waals surface area contributed by atoms with Crippen LogP contribution in [-0.4, -0.2) is 0 Å². The molecule has 0 heteroatoms. The first-order valence-electron chi connectivity index (χ1n) is 12.8. The van der Waals surface area contributed by atoms with Gasteiger partial charge in [-0.15, -0.1) is 0 Å². The predicted molar refractivity (Wildman–Crippen MR) is 137 cm³/mol. The second-order valence-corrected chi connectivity index (χ2v) is 10.9. The Labute approximate surface area is 190 Å². The zero-order valence-corrected chi connectivity index (χ0v) is 21.9. The van der Waals surface area contributed by atoms with E-state index in [2.05, 4.69) is 92.7 Å². The largest absolute Gasteiger partial charge is 0.0879 e. The lowest BCUT2D eigenvalue weighted by atomic mass is 9.69. The first-order valence-corrected chi connectivity index (χ1v) is 12.8. The van der Waals surface area contributed by atoms with Gasteiger partial charge in [-0.3, -0.25) is 0 Å². The van der Waals surface area contributed by atoms with Gasteiger partial charge in [0.1, 0.15) is 0 Å². The zero-order chi connectivity index (χ0) is 22.7. The molecule has 0 radical (unpaired) electrons. The summed E-state index contributed by atoms with van der Waals surface area (Å²) in [6, 6.07) is 8.90. The summed E-state index contributed by atoms with van der Waals surface area (Å²) in [5.74, 6) is 3.11. The fourth-order valence-corrected chi connectivity index (χ4v) is 4.88. The first kappa shape index (κ1) is 27.0. The summed E-state index contributed by atoms with van der Waals surface area (Å²) >= 11 is 0. The zero-order valence-electron chi connectivity index (χ0n) is 21.9. The highest BCUT2D eigenvalue weighted by atomic mass is 14.3. The third-order valence-corrected chi connectivity index (χ3v) is 8.16. The van der Waals surface area contributed by atoms with Crippen LogP contribution in [0, 0.1) is 30.1 Å². The molecular formula is C30H52. The number of aryl methyl sites for hydroxylation is 1. The number of benzene rings is 1. The topological polar surface area (TPSA) is 0 Å². The van der Waals surface area contributed by atoms with Gasteiger partial charge in [-0.05, 0) is 73.3 Å². The standard InChI is InChI=1S/C30H52/c1-10-23(3)15-14-16-24(4)19-21-27(7)30(8,9)28(11-2)22-20-26(6)29-18-13-12-17-25(29)5/h11-13,17-18,23-24,26-27H,10,14-16,19-22H2,1-9H3. The minimum atomic E-state index is 0.288. The molecule has 30 heavy (non-hydrogen) atoms. The molecule has 4 atom stereocenters. The van der Waals surface area contributed by atoms with Crippen molar-refractivity contribution < 1.29 is 0 Å². The lowest BCUT2D eigenvalue weighted by Gasteiger charge is -2.36. The van der Waals surface area contributed by atoms with E-state index in [1.165, 1.54) is 62.5 Å². The molecule has 0 aliphatic carbocycles. The van der Waals surface area contributed by atoms with Crippen LogP contribution in [0.4, 0.5) is 0 Å². The van der Waals surface area contributed by atoms with Gasteiger partial charge in [0.15, 0.2) is 0 Å². The summed E-state index contributed by atoms with van der Waals surface area (Å²) < 4.78 is 0. The molecule has 0 N–H and O–H groups in total. The summed E-state index contributed by atoms with van der Waals surface area (Å²) in [6.07, 6.45) is 13.1.